The van der Waals surface area contributed by atoms with Gasteiger partial charge in [-0.3, -0.25) is 10.1 Å². The lowest BCUT2D eigenvalue weighted by Crippen LogP contribution is -2.55. The van der Waals surface area contributed by atoms with Gasteiger partial charge in [0, 0.05) is 5.56 Å². The van der Waals surface area contributed by atoms with E-state index >= 15 is 0 Å². The fourth-order valence-corrected chi connectivity index (χ4v) is 4.19. The third-order valence-corrected chi connectivity index (χ3v) is 5.95. The fourth-order valence-electron chi connectivity index (χ4n) is 4.19. The van der Waals surface area contributed by atoms with Gasteiger partial charge >= 0.3 is 12.3 Å². The standard InChI is InChI=1S/C24H27F4N3O4/c1-13(2)21-30-19(20(32)18(29-23(34)35)10-14-6-4-3-5-7-14)22(33)31(21)12-15-8-9-16(11-17(15)25)24(26,27)28/h3-9,11,13,18-21,29-30,32H,10,12H2,1-2H3,(H,34,35)/t18-,19-,20+,21?/m0/s1. The number of hydrogen-bond donors (Lipinski definition) is 4. The van der Waals surface area contributed by atoms with Crippen LogP contribution in [0.5, 0.6) is 0 Å². The number of aliphatic hydroxyl groups is 1. The van der Waals surface area contributed by atoms with Crippen molar-refractivity contribution in [1.82, 2.24) is 15.5 Å². The zero-order chi connectivity index (χ0) is 25.9. The zero-order valence-electron chi connectivity index (χ0n) is 19.1. The van der Waals surface area contributed by atoms with Gasteiger partial charge in [-0.05, 0) is 30.0 Å². The van der Waals surface area contributed by atoms with Gasteiger partial charge in [-0.15, -0.1) is 0 Å². The summed E-state index contributed by atoms with van der Waals surface area (Å²) in [5, 5.41) is 25.5. The molecule has 190 valence electrons. The number of carbonyl (C=O) groups excluding carboxylic acids is 1. The van der Waals surface area contributed by atoms with Gasteiger partial charge in [0.25, 0.3) is 0 Å². The van der Waals surface area contributed by atoms with Gasteiger partial charge < -0.3 is 20.4 Å². The highest BCUT2D eigenvalue weighted by atomic mass is 19.4. The van der Waals surface area contributed by atoms with Crippen LogP contribution in [0.15, 0.2) is 48.5 Å². The van der Waals surface area contributed by atoms with Crippen molar-refractivity contribution in [2.24, 2.45) is 5.92 Å². The van der Waals surface area contributed by atoms with Crippen molar-refractivity contribution in [2.45, 2.75) is 57.3 Å². The number of amides is 2. The van der Waals surface area contributed by atoms with E-state index in [1.54, 1.807) is 44.2 Å². The summed E-state index contributed by atoms with van der Waals surface area (Å²) in [6.07, 6.45) is -8.10. The first-order chi connectivity index (χ1) is 16.4. The van der Waals surface area contributed by atoms with E-state index in [4.69, 9.17) is 0 Å². The molecule has 2 amide bonds. The molecule has 4 atom stereocenters. The summed E-state index contributed by atoms with van der Waals surface area (Å²) >= 11 is 0. The normalized spacial score (nSPS) is 20.2. The number of aliphatic hydroxyl groups excluding tert-OH is 1. The smallest absolute Gasteiger partial charge is 0.416 e. The van der Waals surface area contributed by atoms with Crippen LogP contribution in [-0.2, 0) is 23.9 Å². The lowest BCUT2D eigenvalue weighted by atomic mass is 9.96. The van der Waals surface area contributed by atoms with Crippen molar-refractivity contribution in [2.75, 3.05) is 0 Å². The van der Waals surface area contributed by atoms with Gasteiger partial charge in [0.05, 0.1) is 30.4 Å². The molecule has 3 rings (SSSR count). The third-order valence-electron chi connectivity index (χ3n) is 5.95. The number of carboxylic acid groups (broad SMARTS) is 1. The van der Waals surface area contributed by atoms with Gasteiger partial charge in [-0.1, -0.05) is 50.2 Å². The number of alkyl halides is 3. The summed E-state index contributed by atoms with van der Waals surface area (Å²) in [4.78, 5) is 25.9. The van der Waals surface area contributed by atoms with Crippen LogP contribution in [0.4, 0.5) is 22.4 Å². The lowest BCUT2D eigenvalue weighted by Gasteiger charge is -2.27. The molecule has 11 heteroatoms. The van der Waals surface area contributed by atoms with E-state index in [0.29, 0.717) is 6.07 Å². The van der Waals surface area contributed by atoms with Gasteiger partial charge in [0.1, 0.15) is 11.9 Å². The first-order valence-electron chi connectivity index (χ1n) is 11.0. The van der Waals surface area contributed by atoms with Crippen LogP contribution in [0.2, 0.25) is 0 Å². The summed E-state index contributed by atoms with van der Waals surface area (Å²) in [5.41, 5.74) is -0.514. The van der Waals surface area contributed by atoms with E-state index in [1.165, 1.54) is 4.90 Å². The molecule has 2 aromatic carbocycles. The van der Waals surface area contributed by atoms with Crippen molar-refractivity contribution >= 4 is 12.0 Å². The highest BCUT2D eigenvalue weighted by Crippen LogP contribution is 2.31. The Morgan fingerprint density at radius 2 is 1.83 bits per heavy atom. The van der Waals surface area contributed by atoms with E-state index in [1.807, 2.05) is 0 Å². The van der Waals surface area contributed by atoms with Crippen LogP contribution in [0.1, 0.15) is 30.5 Å². The fraction of sp³-hybridized carbons (Fsp3) is 0.417. The molecule has 0 bridgehead atoms. The Balaban J connectivity index is 1.84. The molecule has 1 heterocycles. The number of nitrogens with one attached hydrogen (secondary N) is 2. The molecule has 0 spiro atoms. The number of carbonyl (C=O) groups is 2. The molecule has 2 aromatic rings. The van der Waals surface area contributed by atoms with Crippen molar-refractivity contribution in [1.29, 1.82) is 0 Å². The van der Waals surface area contributed by atoms with E-state index in [-0.39, 0.29) is 24.4 Å². The minimum absolute atomic E-state index is 0.111. The molecule has 0 saturated carbocycles. The monoisotopic (exact) mass is 497 g/mol. The molecule has 7 nitrogen and oxygen atoms in total. The quantitative estimate of drug-likeness (QED) is 0.419. The summed E-state index contributed by atoms with van der Waals surface area (Å²) in [6.45, 7) is 3.25. The Hall–Kier alpha value is -3.18. The van der Waals surface area contributed by atoms with Crippen molar-refractivity contribution in [3.05, 3.63) is 71.0 Å². The Labute approximate surface area is 199 Å². The van der Waals surface area contributed by atoms with E-state index in [2.05, 4.69) is 10.6 Å². The molecule has 4 N–H and O–H groups in total. The predicted octanol–water partition coefficient (Wildman–Crippen LogP) is 3.37. The zero-order valence-corrected chi connectivity index (χ0v) is 19.1. The van der Waals surface area contributed by atoms with Crippen LogP contribution < -0.4 is 10.6 Å². The summed E-state index contributed by atoms with van der Waals surface area (Å²) in [5.74, 6) is -1.91. The van der Waals surface area contributed by atoms with E-state index in [9.17, 15) is 37.4 Å². The molecule has 0 aliphatic carbocycles. The minimum Gasteiger partial charge on any atom is -0.465 e. The molecule has 1 fully saturated rings. The maximum Gasteiger partial charge on any atom is 0.416 e. The second-order valence-corrected chi connectivity index (χ2v) is 8.84. The van der Waals surface area contributed by atoms with E-state index in [0.717, 1.165) is 17.7 Å². The number of hydrogen-bond acceptors (Lipinski definition) is 4. The van der Waals surface area contributed by atoms with E-state index < -0.39 is 53.9 Å². The molecule has 0 radical (unpaired) electrons. The molecule has 1 saturated heterocycles. The highest BCUT2D eigenvalue weighted by Gasteiger charge is 2.46. The Kier molecular flexibility index (Phi) is 8.01. The topological polar surface area (TPSA) is 102 Å². The van der Waals surface area contributed by atoms with Crippen LogP contribution in [-0.4, -0.2) is 51.5 Å². The molecule has 1 aliphatic rings. The van der Waals surface area contributed by atoms with Gasteiger partial charge in [0.2, 0.25) is 5.91 Å². The number of benzene rings is 2. The largest absolute Gasteiger partial charge is 0.465 e. The summed E-state index contributed by atoms with van der Waals surface area (Å²) in [6, 6.07) is 8.67. The average Bonchev–Trinajstić information content (AvgIpc) is 3.10. The average molecular weight is 497 g/mol. The van der Waals surface area contributed by atoms with Crippen LogP contribution in [0, 0.1) is 11.7 Å². The Morgan fingerprint density at radius 3 is 2.37 bits per heavy atom. The molecule has 35 heavy (non-hydrogen) atoms. The van der Waals surface area contributed by atoms with Crippen molar-refractivity contribution < 1.29 is 37.4 Å². The molecular weight excluding hydrogens is 470 g/mol. The van der Waals surface area contributed by atoms with Crippen molar-refractivity contribution in [3.8, 4) is 0 Å². The van der Waals surface area contributed by atoms with Gasteiger partial charge in [-0.2, -0.15) is 13.2 Å². The second-order valence-electron chi connectivity index (χ2n) is 8.84. The molecule has 1 aliphatic heterocycles. The predicted molar refractivity (Wildman–Crippen MR) is 119 cm³/mol. The highest BCUT2D eigenvalue weighted by molar-refractivity contribution is 5.85. The number of halogens is 4. The molecule has 0 aromatic heterocycles. The number of rotatable bonds is 8. The van der Waals surface area contributed by atoms with Crippen molar-refractivity contribution in [3.63, 3.8) is 0 Å². The van der Waals surface area contributed by atoms with Gasteiger partial charge in [0.15, 0.2) is 0 Å². The maximum atomic E-state index is 14.5. The van der Waals surface area contributed by atoms with Gasteiger partial charge in [-0.25, -0.2) is 9.18 Å². The summed E-state index contributed by atoms with van der Waals surface area (Å²) < 4.78 is 53.1. The Morgan fingerprint density at radius 1 is 1.17 bits per heavy atom. The maximum absolute atomic E-state index is 14.5. The summed E-state index contributed by atoms with van der Waals surface area (Å²) in [7, 11) is 0. The van der Waals surface area contributed by atoms with Crippen LogP contribution >= 0.6 is 0 Å². The Bertz CT molecular complexity index is 1050. The molecule has 1 unspecified atom stereocenters. The minimum atomic E-state index is -4.70. The first kappa shape index (κ1) is 26.4. The lowest BCUT2D eigenvalue weighted by molar-refractivity contribution is -0.138. The third kappa shape index (κ3) is 6.29. The SMILES string of the molecule is CC(C)C1N[C@@H]([C@H](O)[C@H](Cc2ccccc2)NC(=O)O)C(=O)N1Cc1ccc(C(F)(F)F)cc1F. The first-order valence-corrected chi connectivity index (χ1v) is 11.0. The van der Waals surface area contributed by atoms with Crippen LogP contribution in [0.25, 0.3) is 0 Å². The number of nitrogens with zero attached hydrogens (tertiary/aromatic N) is 1. The second kappa shape index (κ2) is 10.6. The molecular formula is C24H27F4N3O4. The van der Waals surface area contributed by atoms with Crippen LogP contribution in [0.3, 0.4) is 0 Å².